The monoisotopic (exact) mass is 257 g/mol. The number of amides is 1. The summed E-state index contributed by atoms with van der Waals surface area (Å²) in [5.41, 5.74) is 3.19. The van der Waals surface area contributed by atoms with Crippen LogP contribution in [0, 0.1) is 13.8 Å². The summed E-state index contributed by atoms with van der Waals surface area (Å²) in [7, 11) is 0. The van der Waals surface area contributed by atoms with Crippen LogP contribution in [0.5, 0.6) is 0 Å². The van der Waals surface area contributed by atoms with Crippen LogP contribution in [0.1, 0.15) is 39.0 Å². The van der Waals surface area contributed by atoms with E-state index in [1.54, 1.807) is 24.3 Å². The molecule has 1 heterocycles. The van der Waals surface area contributed by atoms with Gasteiger partial charge in [-0.3, -0.25) is 14.7 Å². The van der Waals surface area contributed by atoms with Gasteiger partial charge >= 0.3 is 0 Å². The summed E-state index contributed by atoms with van der Waals surface area (Å²) in [6, 6.07) is 6.82. The molecule has 0 spiro atoms. The molecule has 1 amide bonds. The zero-order valence-corrected chi connectivity index (χ0v) is 11.1. The highest BCUT2D eigenvalue weighted by Crippen LogP contribution is 2.14. The quantitative estimate of drug-likeness (QED) is 0.829. The number of Topliss-reactive ketones (excluding diaryl/α,β-unsaturated/α-hetero) is 1. The van der Waals surface area contributed by atoms with E-state index in [9.17, 15) is 9.59 Å². The van der Waals surface area contributed by atoms with Gasteiger partial charge in [0.05, 0.1) is 0 Å². The van der Waals surface area contributed by atoms with Crippen LogP contribution < -0.4 is 5.32 Å². The molecule has 5 heteroatoms. The topological polar surface area (TPSA) is 74.8 Å². The van der Waals surface area contributed by atoms with E-state index < -0.39 is 0 Å². The Bertz CT molecular complexity index is 644. The van der Waals surface area contributed by atoms with E-state index in [1.807, 2.05) is 13.8 Å². The number of aryl methyl sites for hydroxylation is 1. The van der Waals surface area contributed by atoms with Crippen LogP contribution in [-0.4, -0.2) is 21.9 Å². The molecular formula is C14H15N3O2. The molecule has 0 unspecified atom stereocenters. The Morgan fingerprint density at radius 1 is 1.26 bits per heavy atom. The fraction of sp³-hybridized carbons (Fsp3) is 0.214. The minimum atomic E-state index is -0.289. The fourth-order valence-electron chi connectivity index (χ4n) is 1.71. The maximum atomic E-state index is 12.1. The lowest BCUT2D eigenvalue weighted by Gasteiger charge is -2.05. The maximum absolute atomic E-state index is 12.1. The zero-order chi connectivity index (χ0) is 14.0. The smallest absolute Gasteiger partial charge is 0.276 e. The standard InChI is InChI=1S/C14H15N3O2/c1-8-9(2)16-17-13(8)14(19)15-12-6-4-5-11(7-12)10(3)18/h4-7H,1-3H3,(H,15,19)(H,16,17). The zero-order valence-electron chi connectivity index (χ0n) is 11.1. The van der Waals surface area contributed by atoms with Gasteiger partial charge in [-0.2, -0.15) is 5.10 Å². The lowest BCUT2D eigenvalue weighted by molar-refractivity contribution is 0.100. The molecule has 2 N–H and O–H groups in total. The second kappa shape index (κ2) is 5.06. The SMILES string of the molecule is CC(=O)c1cccc(NC(=O)c2n[nH]c(C)c2C)c1. The summed E-state index contributed by atoms with van der Waals surface area (Å²) in [4.78, 5) is 23.3. The van der Waals surface area contributed by atoms with Gasteiger partial charge in [0.2, 0.25) is 0 Å². The highest BCUT2D eigenvalue weighted by atomic mass is 16.2. The number of H-pyrrole nitrogens is 1. The second-order valence-electron chi connectivity index (χ2n) is 4.41. The second-order valence-corrected chi connectivity index (χ2v) is 4.41. The average molecular weight is 257 g/mol. The Morgan fingerprint density at radius 2 is 2.00 bits per heavy atom. The van der Waals surface area contributed by atoms with Crippen LogP contribution in [0.25, 0.3) is 0 Å². The van der Waals surface area contributed by atoms with Gasteiger partial charge in [0, 0.05) is 22.5 Å². The molecule has 1 aromatic heterocycles. The molecule has 1 aromatic carbocycles. The van der Waals surface area contributed by atoms with Gasteiger partial charge in [0.1, 0.15) is 0 Å². The van der Waals surface area contributed by atoms with Gasteiger partial charge in [0.15, 0.2) is 11.5 Å². The summed E-state index contributed by atoms with van der Waals surface area (Å²) >= 11 is 0. The maximum Gasteiger partial charge on any atom is 0.276 e. The molecule has 0 aliphatic carbocycles. The van der Waals surface area contributed by atoms with E-state index in [0.29, 0.717) is 16.9 Å². The predicted molar refractivity (Wildman–Crippen MR) is 72.5 cm³/mol. The number of anilines is 1. The molecule has 19 heavy (non-hydrogen) atoms. The molecule has 98 valence electrons. The first kappa shape index (κ1) is 13.0. The fourth-order valence-corrected chi connectivity index (χ4v) is 1.71. The Kier molecular flexibility index (Phi) is 3.46. The number of aromatic amines is 1. The largest absolute Gasteiger partial charge is 0.321 e. The Morgan fingerprint density at radius 3 is 2.58 bits per heavy atom. The third-order valence-corrected chi connectivity index (χ3v) is 3.00. The third-order valence-electron chi connectivity index (χ3n) is 3.00. The lowest BCUT2D eigenvalue weighted by Crippen LogP contribution is -2.14. The predicted octanol–water partition coefficient (Wildman–Crippen LogP) is 2.48. The number of carbonyl (C=O) groups excluding carboxylic acids is 2. The van der Waals surface area contributed by atoms with Crippen molar-refractivity contribution in [2.45, 2.75) is 20.8 Å². The lowest BCUT2D eigenvalue weighted by atomic mass is 10.1. The number of benzene rings is 1. The van der Waals surface area contributed by atoms with Gasteiger partial charge in [-0.15, -0.1) is 0 Å². The molecule has 0 atom stereocenters. The normalized spacial score (nSPS) is 10.3. The van der Waals surface area contributed by atoms with Crippen molar-refractivity contribution in [3.8, 4) is 0 Å². The Balaban J connectivity index is 2.22. The molecule has 0 bridgehead atoms. The number of nitrogens with zero attached hydrogens (tertiary/aromatic N) is 1. The highest BCUT2D eigenvalue weighted by molar-refractivity contribution is 6.04. The number of hydrogen-bond acceptors (Lipinski definition) is 3. The van der Waals surface area contributed by atoms with Gasteiger partial charge in [-0.25, -0.2) is 0 Å². The van der Waals surface area contributed by atoms with Crippen LogP contribution >= 0.6 is 0 Å². The molecule has 0 fully saturated rings. The number of carbonyl (C=O) groups is 2. The minimum absolute atomic E-state index is 0.0390. The van der Waals surface area contributed by atoms with Crippen molar-refractivity contribution in [2.24, 2.45) is 0 Å². The van der Waals surface area contributed by atoms with Crippen LogP contribution in [0.15, 0.2) is 24.3 Å². The molecule has 0 saturated carbocycles. The van der Waals surface area contributed by atoms with E-state index in [4.69, 9.17) is 0 Å². The number of nitrogens with one attached hydrogen (secondary N) is 2. The number of aromatic nitrogens is 2. The molecule has 0 aliphatic heterocycles. The molecule has 2 aromatic rings. The molecule has 0 aliphatic rings. The first-order valence-corrected chi connectivity index (χ1v) is 5.93. The van der Waals surface area contributed by atoms with Crippen molar-refractivity contribution >= 4 is 17.4 Å². The highest BCUT2D eigenvalue weighted by Gasteiger charge is 2.14. The van der Waals surface area contributed by atoms with Crippen molar-refractivity contribution in [1.82, 2.24) is 10.2 Å². The van der Waals surface area contributed by atoms with E-state index in [0.717, 1.165) is 11.3 Å². The van der Waals surface area contributed by atoms with Crippen molar-refractivity contribution < 1.29 is 9.59 Å². The van der Waals surface area contributed by atoms with Gasteiger partial charge in [-0.05, 0) is 32.9 Å². The van der Waals surface area contributed by atoms with Crippen LogP contribution in [-0.2, 0) is 0 Å². The summed E-state index contributed by atoms with van der Waals surface area (Å²) < 4.78 is 0. The van der Waals surface area contributed by atoms with E-state index in [-0.39, 0.29) is 11.7 Å². The number of hydrogen-bond donors (Lipinski definition) is 2. The van der Waals surface area contributed by atoms with Crippen LogP contribution in [0.2, 0.25) is 0 Å². The van der Waals surface area contributed by atoms with Crippen molar-refractivity contribution in [1.29, 1.82) is 0 Å². The molecule has 0 saturated heterocycles. The molecular weight excluding hydrogens is 242 g/mol. The third kappa shape index (κ3) is 2.70. The Labute approximate surface area is 111 Å². The van der Waals surface area contributed by atoms with E-state index >= 15 is 0 Å². The first-order chi connectivity index (χ1) is 8.99. The van der Waals surface area contributed by atoms with Crippen molar-refractivity contribution in [3.05, 3.63) is 46.8 Å². The van der Waals surface area contributed by atoms with Gasteiger partial charge in [0.25, 0.3) is 5.91 Å². The van der Waals surface area contributed by atoms with Crippen molar-refractivity contribution in [3.63, 3.8) is 0 Å². The first-order valence-electron chi connectivity index (χ1n) is 5.93. The molecule has 5 nitrogen and oxygen atoms in total. The average Bonchev–Trinajstić information content (AvgIpc) is 2.70. The van der Waals surface area contributed by atoms with E-state index in [2.05, 4.69) is 15.5 Å². The van der Waals surface area contributed by atoms with Gasteiger partial charge < -0.3 is 5.32 Å². The van der Waals surface area contributed by atoms with E-state index in [1.165, 1.54) is 6.92 Å². The molecule has 0 radical (unpaired) electrons. The number of rotatable bonds is 3. The summed E-state index contributed by atoms with van der Waals surface area (Å²) in [5.74, 6) is -0.328. The Hall–Kier alpha value is -2.43. The number of ketones is 1. The van der Waals surface area contributed by atoms with Crippen LogP contribution in [0.4, 0.5) is 5.69 Å². The summed E-state index contributed by atoms with van der Waals surface area (Å²) in [6.45, 7) is 5.18. The minimum Gasteiger partial charge on any atom is -0.321 e. The molecule has 2 rings (SSSR count). The van der Waals surface area contributed by atoms with Crippen molar-refractivity contribution in [2.75, 3.05) is 5.32 Å². The van der Waals surface area contributed by atoms with Gasteiger partial charge in [-0.1, -0.05) is 12.1 Å². The summed E-state index contributed by atoms with van der Waals surface area (Å²) in [6.07, 6.45) is 0. The van der Waals surface area contributed by atoms with Crippen LogP contribution in [0.3, 0.4) is 0 Å². The summed E-state index contributed by atoms with van der Waals surface area (Å²) in [5, 5.41) is 9.47.